The predicted molar refractivity (Wildman–Crippen MR) is 48.7 cm³/mol. The van der Waals surface area contributed by atoms with Gasteiger partial charge in [0.2, 0.25) is 0 Å². The largest absolute Gasteiger partial charge is 0.573 e. The molecule has 2 nitrogen and oxygen atoms in total. The highest BCUT2D eigenvalue weighted by atomic mass is 79.9. The van der Waals surface area contributed by atoms with Crippen LogP contribution in [0.3, 0.4) is 0 Å². The van der Waals surface area contributed by atoms with Crippen molar-refractivity contribution in [3.8, 4) is 5.75 Å². The lowest BCUT2D eigenvalue weighted by Crippen LogP contribution is -2.18. The Bertz CT molecular complexity index is 327. The quantitative estimate of drug-likeness (QED) is 0.896. The lowest BCUT2D eigenvalue weighted by molar-refractivity contribution is -0.274. The van der Waals surface area contributed by atoms with Crippen LogP contribution in [0.25, 0.3) is 0 Å². The second kappa shape index (κ2) is 4.18. The van der Waals surface area contributed by atoms with Gasteiger partial charge in [0, 0.05) is 16.6 Å². The molecule has 0 heterocycles. The molecule has 1 aromatic carbocycles. The summed E-state index contributed by atoms with van der Waals surface area (Å²) in [7, 11) is 0. The molecular formula is C8H7BrF3NO. The van der Waals surface area contributed by atoms with E-state index >= 15 is 0 Å². The van der Waals surface area contributed by atoms with Crippen LogP contribution in [0.1, 0.15) is 5.56 Å². The first-order valence-corrected chi connectivity index (χ1v) is 4.46. The van der Waals surface area contributed by atoms with Gasteiger partial charge in [0.15, 0.2) is 0 Å². The normalized spacial score (nSPS) is 11.5. The minimum absolute atomic E-state index is 0.00907. The van der Waals surface area contributed by atoms with Gasteiger partial charge in [0.25, 0.3) is 0 Å². The summed E-state index contributed by atoms with van der Waals surface area (Å²) >= 11 is 3.12. The fourth-order valence-corrected chi connectivity index (χ4v) is 1.34. The highest BCUT2D eigenvalue weighted by Crippen LogP contribution is 2.28. The van der Waals surface area contributed by atoms with Crippen molar-refractivity contribution in [3.05, 3.63) is 28.2 Å². The van der Waals surface area contributed by atoms with E-state index in [1.165, 1.54) is 18.2 Å². The van der Waals surface area contributed by atoms with E-state index in [4.69, 9.17) is 5.73 Å². The van der Waals surface area contributed by atoms with Crippen molar-refractivity contribution in [2.75, 3.05) is 0 Å². The standard InChI is InChI=1S/C8H7BrF3NO/c9-6-1-2-7(5(3-6)4-13)14-8(10,11)12/h1-3H,4,13H2. The molecule has 6 heteroatoms. The summed E-state index contributed by atoms with van der Waals surface area (Å²) in [6.45, 7) is -0.00907. The van der Waals surface area contributed by atoms with Gasteiger partial charge in [-0.1, -0.05) is 15.9 Å². The average molecular weight is 270 g/mol. The van der Waals surface area contributed by atoms with Gasteiger partial charge in [-0.25, -0.2) is 0 Å². The summed E-state index contributed by atoms with van der Waals surface area (Å²) in [6.07, 6.45) is -4.68. The second-order valence-electron chi connectivity index (χ2n) is 2.50. The molecule has 1 aromatic rings. The highest BCUT2D eigenvalue weighted by Gasteiger charge is 2.31. The zero-order chi connectivity index (χ0) is 10.8. The van der Waals surface area contributed by atoms with E-state index in [-0.39, 0.29) is 12.3 Å². The zero-order valence-corrected chi connectivity index (χ0v) is 8.52. The van der Waals surface area contributed by atoms with Gasteiger partial charge in [-0.3, -0.25) is 0 Å². The Kier molecular flexibility index (Phi) is 3.38. The number of nitrogens with two attached hydrogens (primary N) is 1. The van der Waals surface area contributed by atoms with Gasteiger partial charge in [-0.15, -0.1) is 13.2 Å². The average Bonchev–Trinajstić information content (AvgIpc) is 2.06. The molecule has 0 radical (unpaired) electrons. The van der Waals surface area contributed by atoms with Crippen LogP contribution in [0.5, 0.6) is 5.75 Å². The van der Waals surface area contributed by atoms with Gasteiger partial charge in [-0.2, -0.15) is 0 Å². The summed E-state index contributed by atoms with van der Waals surface area (Å²) in [5, 5.41) is 0. The van der Waals surface area contributed by atoms with Crippen LogP contribution in [0.4, 0.5) is 13.2 Å². The summed E-state index contributed by atoms with van der Waals surface area (Å²) in [6, 6.07) is 4.17. The molecule has 0 fully saturated rings. The number of benzene rings is 1. The van der Waals surface area contributed by atoms with Crippen LogP contribution in [0.15, 0.2) is 22.7 Å². The molecule has 0 aromatic heterocycles. The first kappa shape index (κ1) is 11.3. The van der Waals surface area contributed by atoms with Gasteiger partial charge < -0.3 is 10.5 Å². The van der Waals surface area contributed by atoms with Gasteiger partial charge in [0.05, 0.1) is 0 Å². The highest BCUT2D eigenvalue weighted by molar-refractivity contribution is 9.10. The summed E-state index contributed by atoms with van der Waals surface area (Å²) in [4.78, 5) is 0. The van der Waals surface area contributed by atoms with Crippen LogP contribution >= 0.6 is 15.9 Å². The summed E-state index contributed by atoms with van der Waals surface area (Å²) < 4.78 is 40.1. The van der Waals surface area contributed by atoms with Crippen molar-refractivity contribution in [1.82, 2.24) is 0 Å². The van der Waals surface area contributed by atoms with Crippen LogP contribution in [-0.2, 0) is 6.54 Å². The molecular weight excluding hydrogens is 263 g/mol. The maximum atomic E-state index is 11.9. The van der Waals surface area contributed by atoms with E-state index in [9.17, 15) is 13.2 Å². The Morgan fingerprint density at radius 2 is 2.00 bits per heavy atom. The molecule has 0 aliphatic rings. The molecule has 2 N–H and O–H groups in total. The number of hydrogen-bond donors (Lipinski definition) is 1. The Labute approximate surface area is 87.0 Å². The Morgan fingerprint density at radius 1 is 1.36 bits per heavy atom. The van der Waals surface area contributed by atoms with Crippen molar-refractivity contribution in [2.24, 2.45) is 5.73 Å². The van der Waals surface area contributed by atoms with Gasteiger partial charge in [0.1, 0.15) is 5.75 Å². The van der Waals surface area contributed by atoms with Crippen LogP contribution in [-0.4, -0.2) is 6.36 Å². The van der Waals surface area contributed by atoms with E-state index in [0.717, 1.165) is 0 Å². The molecule has 0 spiro atoms. The number of alkyl halides is 3. The van der Waals surface area contributed by atoms with Gasteiger partial charge >= 0.3 is 6.36 Å². The molecule has 0 saturated heterocycles. The van der Waals surface area contributed by atoms with Crippen molar-refractivity contribution < 1.29 is 17.9 Å². The lowest BCUT2D eigenvalue weighted by atomic mass is 10.2. The first-order valence-electron chi connectivity index (χ1n) is 3.66. The lowest BCUT2D eigenvalue weighted by Gasteiger charge is -2.12. The van der Waals surface area contributed by atoms with E-state index in [1.54, 1.807) is 0 Å². The number of rotatable bonds is 2. The van der Waals surface area contributed by atoms with Crippen LogP contribution in [0, 0.1) is 0 Å². The third-order valence-corrected chi connectivity index (χ3v) is 1.96. The maximum Gasteiger partial charge on any atom is 0.573 e. The molecule has 0 amide bonds. The van der Waals surface area contributed by atoms with Crippen LogP contribution < -0.4 is 10.5 Å². The van der Waals surface area contributed by atoms with E-state index in [2.05, 4.69) is 20.7 Å². The Balaban J connectivity index is 2.97. The summed E-state index contributed by atoms with van der Waals surface area (Å²) in [5.41, 5.74) is 5.57. The topological polar surface area (TPSA) is 35.2 Å². The molecule has 78 valence electrons. The molecule has 1 rings (SSSR count). The molecule has 0 atom stereocenters. The van der Waals surface area contributed by atoms with Crippen molar-refractivity contribution in [2.45, 2.75) is 12.9 Å². The SMILES string of the molecule is NCc1cc(Br)ccc1OC(F)(F)F. The molecule has 0 saturated carbocycles. The molecule has 0 aliphatic heterocycles. The molecule has 0 aliphatic carbocycles. The van der Waals surface area contributed by atoms with Crippen molar-refractivity contribution in [3.63, 3.8) is 0 Å². The van der Waals surface area contributed by atoms with Gasteiger partial charge in [-0.05, 0) is 18.2 Å². The third-order valence-electron chi connectivity index (χ3n) is 1.47. The van der Waals surface area contributed by atoms with Crippen molar-refractivity contribution >= 4 is 15.9 Å². The van der Waals surface area contributed by atoms with E-state index in [0.29, 0.717) is 10.0 Å². The van der Waals surface area contributed by atoms with Crippen LogP contribution in [0.2, 0.25) is 0 Å². The minimum Gasteiger partial charge on any atom is -0.405 e. The predicted octanol–water partition coefficient (Wildman–Crippen LogP) is 2.81. The fourth-order valence-electron chi connectivity index (χ4n) is 0.932. The monoisotopic (exact) mass is 269 g/mol. The number of halogens is 4. The summed E-state index contributed by atoms with van der Waals surface area (Å²) in [5.74, 6) is -0.261. The first-order chi connectivity index (χ1) is 6.42. The number of hydrogen-bond acceptors (Lipinski definition) is 2. The Hall–Kier alpha value is -0.750. The molecule has 0 bridgehead atoms. The third kappa shape index (κ3) is 3.19. The maximum absolute atomic E-state index is 11.9. The van der Waals surface area contributed by atoms with Crippen molar-refractivity contribution in [1.29, 1.82) is 0 Å². The molecule has 0 unspecified atom stereocenters. The molecule has 14 heavy (non-hydrogen) atoms. The number of ether oxygens (including phenoxy) is 1. The zero-order valence-electron chi connectivity index (χ0n) is 6.94. The minimum atomic E-state index is -4.68. The fraction of sp³-hybridized carbons (Fsp3) is 0.250. The smallest absolute Gasteiger partial charge is 0.405 e. The Morgan fingerprint density at radius 3 is 2.50 bits per heavy atom. The van der Waals surface area contributed by atoms with E-state index in [1.807, 2.05) is 0 Å². The second-order valence-corrected chi connectivity index (χ2v) is 3.42. The van der Waals surface area contributed by atoms with E-state index < -0.39 is 6.36 Å².